The van der Waals surface area contributed by atoms with Crippen LogP contribution in [0.2, 0.25) is 0 Å². The predicted octanol–water partition coefficient (Wildman–Crippen LogP) is 1.82. The normalized spacial score (nSPS) is 14.6. The number of urea groups is 1. The lowest BCUT2D eigenvalue weighted by molar-refractivity contribution is 0.240. The molecule has 1 aliphatic heterocycles. The van der Waals surface area contributed by atoms with Crippen LogP contribution < -0.4 is 20.3 Å². The Morgan fingerprint density at radius 1 is 1.11 bits per heavy atom. The highest BCUT2D eigenvalue weighted by atomic mass is 16.5. The minimum atomic E-state index is -0.199. The number of ether oxygens (including phenoxy) is 1. The zero-order valence-corrected chi connectivity index (χ0v) is 15.6. The number of hydrogen-bond donors (Lipinski definition) is 2. The molecule has 2 N–H and O–H groups in total. The average Bonchev–Trinajstić information content (AvgIpc) is 2.71. The molecule has 2 aromatic rings. The molecule has 0 atom stereocenters. The van der Waals surface area contributed by atoms with Crippen LogP contribution in [0.1, 0.15) is 6.92 Å². The Labute approximate surface area is 159 Å². The van der Waals surface area contributed by atoms with E-state index in [1.54, 1.807) is 12.4 Å². The summed E-state index contributed by atoms with van der Waals surface area (Å²) in [6.07, 6.45) is 3.53. The summed E-state index contributed by atoms with van der Waals surface area (Å²) < 4.78 is 5.39. The first-order valence-electron chi connectivity index (χ1n) is 9.26. The van der Waals surface area contributed by atoms with Gasteiger partial charge in [0.1, 0.15) is 5.75 Å². The van der Waals surface area contributed by atoms with Crippen molar-refractivity contribution in [3.8, 4) is 5.75 Å². The SMILES string of the molecule is CCOc1ccc(NC(=O)NCCN2CCN(c3ncccn3)CC2)cc1. The van der Waals surface area contributed by atoms with Gasteiger partial charge in [0.2, 0.25) is 5.95 Å². The first-order chi connectivity index (χ1) is 13.2. The molecule has 1 saturated heterocycles. The summed E-state index contributed by atoms with van der Waals surface area (Å²) in [5.74, 6) is 1.58. The summed E-state index contributed by atoms with van der Waals surface area (Å²) in [5.41, 5.74) is 0.743. The van der Waals surface area contributed by atoms with Gasteiger partial charge in [0.15, 0.2) is 0 Å². The third-order valence-electron chi connectivity index (χ3n) is 4.34. The number of amides is 2. The van der Waals surface area contributed by atoms with E-state index in [0.29, 0.717) is 13.2 Å². The fourth-order valence-corrected chi connectivity index (χ4v) is 2.93. The molecule has 0 unspecified atom stereocenters. The molecule has 8 nitrogen and oxygen atoms in total. The highest BCUT2D eigenvalue weighted by molar-refractivity contribution is 5.89. The minimum absolute atomic E-state index is 0.199. The summed E-state index contributed by atoms with van der Waals surface area (Å²) in [6, 6.07) is 8.97. The van der Waals surface area contributed by atoms with Crippen LogP contribution in [0.5, 0.6) is 5.75 Å². The lowest BCUT2D eigenvalue weighted by atomic mass is 10.3. The van der Waals surface area contributed by atoms with Crippen molar-refractivity contribution in [3.05, 3.63) is 42.7 Å². The topological polar surface area (TPSA) is 82.6 Å². The molecule has 1 aromatic carbocycles. The molecule has 2 heterocycles. The van der Waals surface area contributed by atoms with Crippen LogP contribution in [0.25, 0.3) is 0 Å². The molecule has 2 amide bonds. The average molecular weight is 370 g/mol. The highest BCUT2D eigenvalue weighted by Gasteiger charge is 2.18. The first kappa shape index (κ1) is 18.9. The second-order valence-electron chi connectivity index (χ2n) is 6.22. The maximum absolute atomic E-state index is 12.0. The van der Waals surface area contributed by atoms with E-state index in [1.165, 1.54) is 0 Å². The monoisotopic (exact) mass is 370 g/mol. The number of benzene rings is 1. The number of rotatable bonds is 7. The van der Waals surface area contributed by atoms with Crippen LogP contribution in [-0.2, 0) is 0 Å². The molecule has 0 spiro atoms. The Morgan fingerprint density at radius 3 is 2.48 bits per heavy atom. The minimum Gasteiger partial charge on any atom is -0.494 e. The van der Waals surface area contributed by atoms with Gasteiger partial charge in [-0.05, 0) is 37.3 Å². The van der Waals surface area contributed by atoms with Crippen LogP contribution in [0.3, 0.4) is 0 Å². The van der Waals surface area contributed by atoms with Crippen molar-refractivity contribution >= 4 is 17.7 Å². The van der Waals surface area contributed by atoms with E-state index in [1.807, 2.05) is 37.3 Å². The maximum Gasteiger partial charge on any atom is 0.319 e. The van der Waals surface area contributed by atoms with Crippen LogP contribution in [0, 0.1) is 0 Å². The van der Waals surface area contributed by atoms with Gasteiger partial charge in [0.05, 0.1) is 6.61 Å². The predicted molar refractivity (Wildman–Crippen MR) is 105 cm³/mol. The molecule has 27 heavy (non-hydrogen) atoms. The number of hydrogen-bond acceptors (Lipinski definition) is 6. The number of aromatic nitrogens is 2. The molecule has 1 aliphatic rings. The van der Waals surface area contributed by atoms with Gasteiger partial charge in [0, 0.05) is 57.3 Å². The second kappa shape index (κ2) is 9.72. The lowest BCUT2D eigenvalue weighted by Crippen LogP contribution is -2.49. The van der Waals surface area contributed by atoms with E-state index >= 15 is 0 Å². The standard InChI is InChI=1S/C19H26N6O2/c1-2-27-17-6-4-16(5-7-17)23-19(26)22-10-11-24-12-14-25(15-13-24)18-20-8-3-9-21-18/h3-9H,2,10-15H2,1H3,(H2,22,23,26). The van der Waals surface area contributed by atoms with Gasteiger partial charge >= 0.3 is 6.03 Å². The van der Waals surface area contributed by atoms with Crippen molar-refractivity contribution in [2.75, 3.05) is 56.1 Å². The summed E-state index contributed by atoms with van der Waals surface area (Å²) >= 11 is 0. The van der Waals surface area contributed by atoms with Gasteiger partial charge in [-0.2, -0.15) is 0 Å². The molecule has 0 bridgehead atoms. The Morgan fingerprint density at radius 2 is 1.81 bits per heavy atom. The van der Waals surface area contributed by atoms with Crippen molar-refractivity contribution in [2.45, 2.75) is 6.92 Å². The van der Waals surface area contributed by atoms with Crippen molar-refractivity contribution < 1.29 is 9.53 Å². The van der Waals surface area contributed by atoms with E-state index in [0.717, 1.165) is 50.1 Å². The fraction of sp³-hybridized carbons (Fsp3) is 0.421. The van der Waals surface area contributed by atoms with Gasteiger partial charge in [-0.1, -0.05) is 0 Å². The largest absolute Gasteiger partial charge is 0.494 e. The van der Waals surface area contributed by atoms with Gasteiger partial charge in [-0.3, -0.25) is 4.90 Å². The van der Waals surface area contributed by atoms with E-state index in [4.69, 9.17) is 4.74 Å². The lowest BCUT2D eigenvalue weighted by Gasteiger charge is -2.34. The molecule has 0 aliphatic carbocycles. The summed E-state index contributed by atoms with van der Waals surface area (Å²) in [6.45, 7) is 7.63. The molecular formula is C19H26N6O2. The number of nitrogens with zero attached hydrogens (tertiary/aromatic N) is 4. The van der Waals surface area contributed by atoms with Crippen LogP contribution in [0.15, 0.2) is 42.7 Å². The molecule has 1 fully saturated rings. The van der Waals surface area contributed by atoms with Crippen molar-refractivity contribution in [3.63, 3.8) is 0 Å². The molecule has 8 heteroatoms. The van der Waals surface area contributed by atoms with Gasteiger partial charge < -0.3 is 20.3 Å². The number of anilines is 2. The number of nitrogens with one attached hydrogen (secondary N) is 2. The maximum atomic E-state index is 12.0. The van der Waals surface area contributed by atoms with Crippen LogP contribution in [0.4, 0.5) is 16.4 Å². The van der Waals surface area contributed by atoms with Crippen LogP contribution >= 0.6 is 0 Å². The van der Waals surface area contributed by atoms with Gasteiger partial charge in [0.25, 0.3) is 0 Å². The highest BCUT2D eigenvalue weighted by Crippen LogP contribution is 2.15. The number of carbonyl (C=O) groups excluding carboxylic acids is 1. The summed E-state index contributed by atoms with van der Waals surface area (Å²) in [7, 11) is 0. The Balaban J connectivity index is 1.33. The molecule has 0 saturated carbocycles. The zero-order valence-electron chi connectivity index (χ0n) is 15.6. The Bertz CT molecular complexity index is 702. The molecule has 0 radical (unpaired) electrons. The van der Waals surface area contributed by atoms with Gasteiger partial charge in [-0.25, -0.2) is 14.8 Å². The molecule has 3 rings (SSSR count). The molecular weight excluding hydrogens is 344 g/mol. The molecule has 1 aromatic heterocycles. The van der Waals surface area contributed by atoms with Crippen LogP contribution in [-0.4, -0.2) is 66.8 Å². The van der Waals surface area contributed by atoms with Gasteiger partial charge in [-0.15, -0.1) is 0 Å². The molecule has 144 valence electrons. The fourth-order valence-electron chi connectivity index (χ4n) is 2.93. The van der Waals surface area contributed by atoms with Crippen molar-refractivity contribution in [2.24, 2.45) is 0 Å². The summed E-state index contributed by atoms with van der Waals surface area (Å²) in [4.78, 5) is 25.1. The number of piperazine rings is 1. The van der Waals surface area contributed by atoms with E-state index < -0.39 is 0 Å². The third-order valence-corrected chi connectivity index (χ3v) is 4.34. The van der Waals surface area contributed by atoms with E-state index in [2.05, 4.69) is 30.4 Å². The second-order valence-corrected chi connectivity index (χ2v) is 6.22. The number of carbonyl (C=O) groups is 1. The van der Waals surface area contributed by atoms with E-state index in [-0.39, 0.29) is 6.03 Å². The zero-order chi connectivity index (χ0) is 18.9. The Hall–Kier alpha value is -2.87. The third kappa shape index (κ3) is 5.82. The van der Waals surface area contributed by atoms with Crippen molar-refractivity contribution in [1.29, 1.82) is 0 Å². The smallest absolute Gasteiger partial charge is 0.319 e. The van der Waals surface area contributed by atoms with E-state index in [9.17, 15) is 4.79 Å². The first-order valence-corrected chi connectivity index (χ1v) is 9.26. The quantitative estimate of drug-likeness (QED) is 0.774. The van der Waals surface area contributed by atoms with Crippen molar-refractivity contribution in [1.82, 2.24) is 20.2 Å². The summed E-state index contributed by atoms with van der Waals surface area (Å²) in [5, 5.41) is 5.73. The Kier molecular flexibility index (Phi) is 6.81.